The Morgan fingerprint density at radius 2 is 1.35 bits per heavy atom. The maximum absolute atomic E-state index is 2.96. The van der Waals surface area contributed by atoms with Gasteiger partial charge in [-0.3, -0.25) is 0 Å². The van der Waals surface area contributed by atoms with E-state index in [9.17, 15) is 0 Å². The standard InChI is InChI=1S/C31H44/c1-13-10-11-16-14(2)24(4)21(16)30-12-17-18-20(30)15(3)26(30,6)29(9)27(7)23-19(13)25(5,28(24,27)8)22(18)31(17,23)29/h13-23H,10-12H2,1-9H3. The van der Waals surface area contributed by atoms with Crippen molar-refractivity contribution in [1.82, 2.24) is 0 Å². The highest BCUT2D eigenvalue weighted by atomic mass is 15.2. The molecule has 0 aromatic carbocycles. The summed E-state index contributed by atoms with van der Waals surface area (Å²) < 4.78 is 0. The Balaban J connectivity index is 1.49. The van der Waals surface area contributed by atoms with Gasteiger partial charge >= 0.3 is 0 Å². The lowest BCUT2D eigenvalue weighted by Crippen LogP contribution is -2.90. The quantitative estimate of drug-likeness (QED) is 0.393. The van der Waals surface area contributed by atoms with Gasteiger partial charge in [-0.2, -0.15) is 0 Å². The van der Waals surface area contributed by atoms with Gasteiger partial charge in [-0.15, -0.1) is 0 Å². The molecule has 31 heavy (non-hydrogen) atoms. The van der Waals surface area contributed by atoms with Crippen LogP contribution in [0, 0.1) is 108 Å². The van der Waals surface area contributed by atoms with Gasteiger partial charge in [-0.25, -0.2) is 0 Å². The van der Waals surface area contributed by atoms with Crippen LogP contribution in [0.1, 0.15) is 81.6 Å². The van der Waals surface area contributed by atoms with Crippen LogP contribution in [0.5, 0.6) is 0 Å². The summed E-state index contributed by atoms with van der Waals surface area (Å²) >= 11 is 0. The van der Waals surface area contributed by atoms with E-state index in [1.165, 1.54) is 0 Å². The molecule has 168 valence electrons. The Labute approximate surface area is 190 Å². The molecule has 0 heteroatoms. The van der Waals surface area contributed by atoms with E-state index in [1.807, 2.05) is 0 Å². The fraction of sp³-hybridized carbons (Fsp3) is 1.00. The van der Waals surface area contributed by atoms with Crippen LogP contribution in [-0.4, -0.2) is 0 Å². The minimum atomic E-state index is 0.536. The van der Waals surface area contributed by atoms with Gasteiger partial charge < -0.3 is 0 Å². The van der Waals surface area contributed by atoms with Crippen molar-refractivity contribution in [3.63, 3.8) is 0 Å². The highest BCUT2D eigenvalue weighted by molar-refractivity contribution is 5.60. The van der Waals surface area contributed by atoms with Crippen molar-refractivity contribution in [1.29, 1.82) is 0 Å². The zero-order chi connectivity index (χ0) is 21.5. The summed E-state index contributed by atoms with van der Waals surface area (Å²) in [5.41, 5.74) is 4.96. The molecule has 0 N–H and O–H groups in total. The first-order valence-electron chi connectivity index (χ1n) is 14.4. The molecule has 10 aliphatic carbocycles. The first-order chi connectivity index (χ1) is 14.4. The molecule has 0 nitrogen and oxygen atoms in total. The maximum Gasteiger partial charge on any atom is -0.0128 e. The Kier molecular flexibility index (Phi) is 2.01. The summed E-state index contributed by atoms with van der Waals surface area (Å²) in [5, 5.41) is 0. The molecule has 10 saturated carbocycles. The molecule has 0 heterocycles. The maximum atomic E-state index is 2.96. The Hall–Kier alpha value is 0. The summed E-state index contributed by atoms with van der Waals surface area (Å²) in [6.07, 6.45) is 4.79. The molecule has 0 aromatic rings. The van der Waals surface area contributed by atoms with Crippen molar-refractivity contribution < 1.29 is 0 Å². The zero-order valence-corrected chi connectivity index (χ0v) is 21.5. The van der Waals surface area contributed by atoms with Crippen molar-refractivity contribution in [3.05, 3.63) is 0 Å². The number of hydrogen-bond donors (Lipinski definition) is 0. The molecule has 0 radical (unpaired) electrons. The molecular weight excluding hydrogens is 372 g/mol. The van der Waals surface area contributed by atoms with Crippen LogP contribution in [0.3, 0.4) is 0 Å². The number of rotatable bonds is 0. The monoisotopic (exact) mass is 416 g/mol. The van der Waals surface area contributed by atoms with Crippen LogP contribution in [0.4, 0.5) is 0 Å². The molecule has 0 aliphatic heterocycles. The second-order valence-electron chi connectivity index (χ2n) is 16.9. The molecule has 0 amide bonds. The molecule has 10 aliphatic rings. The lowest BCUT2D eigenvalue weighted by atomic mass is 9.10. The van der Waals surface area contributed by atoms with Crippen molar-refractivity contribution in [2.75, 3.05) is 0 Å². The van der Waals surface area contributed by atoms with Crippen LogP contribution < -0.4 is 0 Å². The smallest absolute Gasteiger partial charge is 0.0128 e. The van der Waals surface area contributed by atoms with Crippen molar-refractivity contribution in [3.8, 4) is 0 Å². The van der Waals surface area contributed by atoms with E-state index < -0.39 is 0 Å². The van der Waals surface area contributed by atoms with Crippen LogP contribution in [-0.2, 0) is 0 Å². The van der Waals surface area contributed by atoms with E-state index in [1.54, 1.807) is 19.3 Å². The van der Waals surface area contributed by atoms with Gasteiger partial charge in [0.25, 0.3) is 0 Å². The minimum absolute atomic E-state index is 0.536. The molecular formula is C31H44. The topological polar surface area (TPSA) is 0 Å². The largest absolute Gasteiger partial charge is 0.0622 e. The lowest BCUT2D eigenvalue weighted by Gasteiger charge is -2.93. The van der Waals surface area contributed by atoms with Gasteiger partial charge in [0, 0.05) is 0 Å². The zero-order valence-electron chi connectivity index (χ0n) is 21.5. The molecule has 10 rings (SSSR count). The number of fused-ring (bicyclic) bond motifs is 6. The number of hydrogen-bond acceptors (Lipinski definition) is 0. The Morgan fingerprint density at radius 1 is 0.645 bits per heavy atom. The second kappa shape index (κ2) is 3.58. The molecule has 7 bridgehead atoms. The van der Waals surface area contributed by atoms with Crippen molar-refractivity contribution >= 4 is 0 Å². The van der Waals surface area contributed by atoms with Gasteiger partial charge in [-0.05, 0) is 121 Å². The third kappa shape index (κ3) is 0.804. The van der Waals surface area contributed by atoms with Gasteiger partial charge in [0.05, 0.1) is 0 Å². The SMILES string of the molecule is CC1CCC2C(C)C3(C)C2C24CC5C6C2C(C)C4(C)C2(C)C54C6C5(C)C1C4C2(C)C35C. The Bertz CT molecular complexity index is 1070. The average Bonchev–Trinajstić information content (AvgIpc) is 3.10. The van der Waals surface area contributed by atoms with Gasteiger partial charge in [0.1, 0.15) is 0 Å². The van der Waals surface area contributed by atoms with Crippen LogP contribution in [0.15, 0.2) is 0 Å². The van der Waals surface area contributed by atoms with E-state index in [4.69, 9.17) is 0 Å². The molecule has 2 spiro atoms. The fourth-order valence-electron chi connectivity index (χ4n) is 20.0. The van der Waals surface area contributed by atoms with Crippen LogP contribution in [0.25, 0.3) is 0 Å². The van der Waals surface area contributed by atoms with Crippen molar-refractivity contribution in [2.24, 2.45) is 108 Å². The summed E-state index contributed by atoms with van der Waals surface area (Å²) in [5.74, 6) is 11.5. The van der Waals surface area contributed by atoms with Gasteiger partial charge in [0.15, 0.2) is 0 Å². The predicted octanol–water partition coefficient (Wildman–Crippen LogP) is 7.14. The van der Waals surface area contributed by atoms with E-state index in [-0.39, 0.29) is 0 Å². The van der Waals surface area contributed by atoms with E-state index in [0.717, 1.165) is 70.5 Å². The fourth-order valence-corrected chi connectivity index (χ4v) is 20.0. The lowest BCUT2D eigenvalue weighted by molar-refractivity contribution is -0.471. The third-order valence-corrected chi connectivity index (χ3v) is 19.7. The third-order valence-electron chi connectivity index (χ3n) is 19.7. The second-order valence-corrected chi connectivity index (χ2v) is 16.9. The summed E-state index contributed by atoms with van der Waals surface area (Å²) in [6, 6.07) is 0. The predicted molar refractivity (Wildman–Crippen MR) is 123 cm³/mol. The first-order valence-corrected chi connectivity index (χ1v) is 14.4. The first kappa shape index (κ1) is 17.4. The van der Waals surface area contributed by atoms with E-state index in [0.29, 0.717) is 37.9 Å². The van der Waals surface area contributed by atoms with E-state index in [2.05, 4.69) is 62.3 Å². The Morgan fingerprint density at radius 3 is 2.06 bits per heavy atom. The summed E-state index contributed by atoms with van der Waals surface area (Å²) in [6.45, 7) is 25.9. The van der Waals surface area contributed by atoms with E-state index >= 15 is 0 Å². The summed E-state index contributed by atoms with van der Waals surface area (Å²) in [4.78, 5) is 0. The van der Waals surface area contributed by atoms with Crippen LogP contribution >= 0.6 is 0 Å². The average molecular weight is 417 g/mol. The van der Waals surface area contributed by atoms with Crippen LogP contribution in [0.2, 0.25) is 0 Å². The van der Waals surface area contributed by atoms with Gasteiger partial charge in [-0.1, -0.05) is 68.7 Å². The summed E-state index contributed by atoms with van der Waals surface area (Å²) in [7, 11) is 0. The molecule has 0 saturated heterocycles. The molecule has 10 fully saturated rings. The van der Waals surface area contributed by atoms with Crippen molar-refractivity contribution in [2.45, 2.75) is 81.6 Å². The highest BCUT2D eigenvalue weighted by Crippen LogP contribution is 3.17. The van der Waals surface area contributed by atoms with Gasteiger partial charge in [0.2, 0.25) is 0 Å². The molecule has 0 aromatic heterocycles. The molecule has 19 atom stereocenters. The highest BCUT2D eigenvalue weighted by Gasteiger charge is 3.14. The molecule has 19 unspecified atom stereocenters. The normalized spacial score (nSPS) is 91.1. The minimum Gasteiger partial charge on any atom is -0.0622 e.